The van der Waals surface area contributed by atoms with Crippen molar-refractivity contribution >= 4 is 17.8 Å². The lowest BCUT2D eigenvalue weighted by Crippen LogP contribution is -2.32. The van der Waals surface area contributed by atoms with Gasteiger partial charge in [0.15, 0.2) is 0 Å². The minimum absolute atomic E-state index is 0.0451. The van der Waals surface area contributed by atoms with Crippen molar-refractivity contribution in [3.8, 4) is 0 Å². The van der Waals surface area contributed by atoms with E-state index in [1.165, 1.54) is 0 Å². The third kappa shape index (κ3) is 19.5. The molecule has 0 unspecified atom stereocenters. The third-order valence-electron chi connectivity index (χ3n) is 3.62. The summed E-state index contributed by atoms with van der Waals surface area (Å²) in [6.07, 6.45) is 1.64. The average molecular weight is 437 g/mol. The third-order valence-corrected chi connectivity index (χ3v) is 3.62. The fourth-order valence-corrected chi connectivity index (χ4v) is 2.06. The highest BCUT2D eigenvalue weighted by Crippen LogP contribution is 1.98. The summed E-state index contributed by atoms with van der Waals surface area (Å²) in [5.74, 6) is -1.51. The van der Waals surface area contributed by atoms with E-state index in [2.05, 4.69) is 10.6 Å². The zero-order valence-electron chi connectivity index (χ0n) is 17.4. The zero-order chi connectivity index (χ0) is 22.5. The van der Waals surface area contributed by atoms with Crippen molar-refractivity contribution in [3.05, 3.63) is 0 Å². The Labute approximate surface area is 176 Å². The maximum Gasteiger partial charge on any atom is 0.320 e. The van der Waals surface area contributed by atoms with Crippen molar-refractivity contribution < 1.29 is 38.4 Å². The molecular formula is C18H36N4O8. The van der Waals surface area contributed by atoms with Crippen LogP contribution in [0.4, 0.5) is 0 Å². The van der Waals surface area contributed by atoms with Gasteiger partial charge in [-0.05, 0) is 19.3 Å². The van der Waals surface area contributed by atoms with Crippen LogP contribution in [0.3, 0.4) is 0 Å². The lowest BCUT2D eigenvalue weighted by Gasteiger charge is -2.09. The number of hydrogen-bond acceptors (Lipinski definition) is 9. The molecule has 0 rings (SSSR count). The van der Waals surface area contributed by atoms with Crippen LogP contribution < -0.4 is 22.1 Å². The highest BCUT2D eigenvalue weighted by molar-refractivity contribution is 5.77. The number of carboxylic acid groups (broad SMARTS) is 1. The fraction of sp³-hybridized carbons (Fsp3) is 0.833. The molecule has 0 saturated heterocycles. The van der Waals surface area contributed by atoms with Crippen LogP contribution in [0.15, 0.2) is 0 Å². The van der Waals surface area contributed by atoms with Crippen LogP contribution in [0.1, 0.15) is 19.3 Å². The summed E-state index contributed by atoms with van der Waals surface area (Å²) >= 11 is 0. The number of carbonyl (C=O) groups is 3. The molecule has 176 valence electrons. The van der Waals surface area contributed by atoms with Crippen molar-refractivity contribution in [2.45, 2.75) is 25.3 Å². The molecule has 12 nitrogen and oxygen atoms in total. The minimum atomic E-state index is -1.02. The molecule has 0 aromatic carbocycles. The van der Waals surface area contributed by atoms with Gasteiger partial charge in [-0.1, -0.05) is 0 Å². The Morgan fingerprint density at radius 3 is 1.87 bits per heavy atom. The Morgan fingerprint density at radius 1 is 0.767 bits per heavy atom. The van der Waals surface area contributed by atoms with E-state index in [1.807, 2.05) is 0 Å². The van der Waals surface area contributed by atoms with Crippen LogP contribution in [0.2, 0.25) is 0 Å². The normalized spacial score (nSPS) is 11.8. The van der Waals surface area contributed by atoms with Crippen molar-refractivity contribution in [3.63, 3.8) is 0 Å². The lowest BCUT2D eigenvalue weighted by molar-refractivity contribution is -0.138. The molecule has 0 radical (unpaired) electrons. The predicted molar refractivity (Wildman–Crippen MR) is 108 cm³/mol. The SMILES string of the molecule is NCCOCCOCC(=O)NCCOCCOCC(=O)NCCCC[C@H](N)C(=O)O. The van der Waals surface area contributed by atoms with Gasteiger partial charge < -0.3 is 46.2 Å². The molecule has 12 heteroatoms. The molecule has 0 aliphatic carbocycles. The van der Waals surface area contributed by atoms with E-state index in [1.54, 1.807) is 0 Å². The second-order valence-electron chi connectivity index (χ2n) is 6.26. The van der Waals surface area contributed by atoms with Gasteiger partial charge in [-0.15, -0.1) is 0 Å². The summed E-state index contributed by atoms with van der Waals surface area (Å²) in [6.45, 7) is 3.16. The molecule has 0 heterocycles. The molecule has 0 aromatic rings. The standard InChI is InChI=1S/C18H36N4O8/c19-4-7-27-9-11-29-14-17(24)22-6-8-28-10-12-30-13-16(23)21-5-2-1-3-15(20)18(25)26/h15H,1-14,19-20H2,(H,21,23)(H,22,24)(H,25,26)/t15-/m0/s1. The summed E-state index contributed by atoms with van der Waals surface area (Å²) in [5.41, 5.74) is 10.7. The van der Waals surface area contributed by atoms with Crippen molar-refractivity contribution in [2.75, 3.05) is 72.5 Å². The molecular weight excluding hydrogens is 400 g/mol. The first kappa shape index (κ1) is 28.2. The van der Waals surface area contributed by atoms with Crippen LogP contribution in [-0.4, -0.2) is 101 Å². The van der Waals surface area contributed by atoms with Crippen LogP contribution in [0.5, 0.6) is 0 Å². The summed E-state index contributed by atoms with van der Waals surface area (Å²) in [4.78, 5) is 33.6. The highest BCUT2D eigenvalue weighted by atomic mass is 16.5. The smallest absolute Gasteiger partial charge is 0.320 e. The number of amides is 2. The topological polar surface area (TPSA) is 184 Å². The molecule has 0 aromatic heterocycles. The van der Waals surface area contributed by atoms with Gasteiger partial charge >= 0.3 is 5.97 Å². The Kier molecular flexibility index (Phi) is 19.2. The van der Waals surface area contributed by atoms with Crippen molar-refractivity contribution in [2.24, 2.45) is 11.5 Å². The first-order chi connectivity index (χ1) is 14.5. The van der Waals surface area contributed by atoms with Gasteiger partial charge in [0.1, 0.15) is 19.3 Å². The zero-order valence-corrected chi connectivity index (χ0v) is 17.4. The number of rotatable bonds is 21. The van der Waals surface area contributed by atoms with Gasteiger partial charge in [-0.3, -0.25) is 14.4 Å². The summed E-state index contributed by atoms with van der Waals surface area (Å²) < 4.78 is 20.7. The number of aliphatic carboxylic acids is 1. The Balaban J connectivity index is 3.33. The van der Waals surface area contributed by atoms with E-state index in [0.29, 0.717) is 71.9 Å². The van der Waals surface area contributed by atoms with E-state index in [9.17, 15) is 14.4 Å². The number of carboxylic acids is 1. The Morgan fingerprint density at radius 2 is 1.30 bits per heavy atom. The number of hydrogen-bond donors (Lipinski definition) is 5. The van der Waals surface area contributed by atoms with Crippen LogP contribution >= 0.6 is 0 Å². The van der Waals surface area contributed by atoms with Crippen LogP contribution in [-0.2, 0) is 33.3 Å². The van der Waals surface area contributed by atoms with Gasteiger partial charge in [0, 0.05) is 19.6 Å². The number of carbonyl (C=O) groups excluding carboxylic acids is 2. The molecule has 2 amide bonds. The van der Waals surface area contributed by atoms with Gasteiger partial charge in [-0.25, -0.2) is 0 Å². The second-order valence-corrected chi connectivity index (χ2v) is 6.26. The molecule has 0 aliphatic heterocycles. The van der Waals surface area contributed by atoms with Gasteiger partial charge in [0.2, 0.25) is 11.8 Å². The maximum atomic E-state index is 11.5. The van der Waals surface area contributed by atoms with Crippen molar-refractivity contribution in [1.29, 1.82) is 0 Å². The Bertz CT molecular complexity index is 467. The van der Waals surface area contributed by atoms with E-state index >= 15 is 0 Å². The number of nitrogens with two attached hydrogens (primary N) is 2. The Hall–Kier alpha value is -1.83. The first-order valence-electron chi connectivity index (χ1n) is 10.00. The number of ether oxygens (including phenoxy) is 4. The van der Waals surface area contributed by atoms with Gasteiger partial charge in [0.05, 0.1) is 39.6 Å². The van der Waals surface area contributed by atoms with E-state index in [4.69, 9.17) is 35.5 Å². The molecule has 0 spiro atoms. The lowest BCUT2D eigenvalue weighted by atomic mass is 10.1. The van der Waals surface area contributed by atoms with E-state index in [-0.39, 0.29) is 31.6 Å². The summed E-state index contributed by atoms with van der Waals surface area (Å²) in [7, 11) is 0. The maximum absolute atomic E-state index is 11.5. The van der Waals surface area contributed by atoms with Crippen LogP contribution in [0.25, 0.3) is 0 Å². The molecule has 0 fully saturated rings. The monoisotopic (exact) mass is 436 g/mol. The van der Waals surface area contributed by atoms with E-state index < -0.39 is 12.0 Å². The predicted octanol–water partition coefficient (Wildman–Crippen LogP) is -2.17. The molecule has 0 aliphatic rings. The quantitative estimate of drug-likeness (QED) is 0.124. The number of nitrogens with one attached hydrogen (secondary N) is 2. The van der Waals surface area contributed by atoms with Crippen molar-refractivity contribution in [1.82, 2.24) is 10.6 Å². The largest absolute Gasteiger partial charge is 0.480 e. The summed E-state index contributed by atoms with van der Waals surface area (Å²) in [5, 5.41) is 14.0. The minimum Gasteiger partial charge on any atom is -0.480 e. The van der Waals surface area contributed by atoms with Crippen LogP contribution in [0, 0.1) is 0 Å². The molecule has 0 bridgehead atoms. The molecule has 1 atom stereocenters. The van der Waals surface area contributed by atoms with E-state index in [0.717, 1.165) is 0 Å². The summed E-state index contributed by atoms with van der Waals surface area (Å²) in [6, 6.07) is -0.864. The average Bonchev–Trinajstić information content (AvgIpc) is 2.71. The first-order valence-corrected chi connectivity index (χ1v) is 10.00. The van der Waals surface area contributed by atoms with Gasteiger partial charge in [0.25, 0.3) is 0 Å². The second kappa shape index (κ2) is 20.4. The fourth-order valence-electron chi connectivity index (χ4n) is 2.06. The molecule has 7 N–H and O–H groups in total. The molecule has 30 heavy (non-hydrogen) atoms. The van der Waals surface area contributed by atoms with Gasteiger partial charge in [-0.2, -0.15) is 0 Å². The molecule has 0 saturated carbocycles. The number of unbranched alkanes of at least 4 members (excludes halogenated alkanes) is 1. The highest BCUT2D eigenvalue weighted by Gasteiger charge is 2.10.